The van der Waals surface area contributed by atoms with Crippen LogP contribution in [0.1, 0.15) is 28.5 Å². The van der Waals surface area contributed by atoms with Crippen LogP contribution >= 0.6 is 19.0 Å². The van der Waals surface area contributed by atoms with Crippen molar-refractivity contribution >= 4 is 62.6 Å². The van der Waals surface area contributed by atoms with Gasteiger partial charge in [-0.05, 0) is 67.4 Å². The summed E-state index contributed by atoms with van der Waals surface area (Å²) in [7, 11) is -7.89. The van der Waals surface area contributed by atoms with Crippen molar-refractivity contribution in [3.63, 3.8) is 0 Å². The average molecular weight is 601 g/mol. The number of esters is 1. The van der Waals surface area contributed by atoms with Crippen LogP contribution < -0.4 is 10.6 Å². The molecule has 0 aliphatic carbocycles. The highest BCUT2D eigenvalue weighted by atomic mass is 35.5. The van der Waals surface area contributed by atoms with Gasteiger partial charge in [0.2, 0.25) is 0 Å². The zero-order valence-electron chi connectivity index (χ0n) is 21.6. The van der Waals surface area contributed by atoms with Crippen LogP contribution in [0.25, 0.3) is 17.0 Å². The third-order valence-electron chi connectivity index (χ3n) is 6.03. The fourth-order valence-corrected chi connectivity index (χ4v) is 8.48. The first-order chi connectivity index (χ1) is 19.0. The number of hydrogen-bond donors (Lipinski definition) is 0. The summed E-state index contributed by atoms with van der Waals surface area (Å²) in [4.78, 5) is 13.3. The molecule has 1 unspecified atom stereocenters. The SMILES string of the molecule is CCOC(=O)c1c(P(=O)(OC)c2cc(C)cc(/C=C/C#N)c2)c2c(F)c(Cl)ccc2n1S(=O)(=O)c1ccccc1. The molecular weight excluding hydrogens is 578 g/mol. The van der Waals surface area contributed by atoms with Gasteiger partial charge in [0.15, 0.2) is 11.5 Å². The molecule has 0 saturated carbocycles. The van der Waals surface area contributed by atoms with Crippen molar-refractivity contribution in [2.75, 3.05) is 13.7 Å². The molecule has 0 bridgehead atoms. The van der Waals surface area contributed by atoms with Crippen LogP contribution in [0.2, 0.25) is 5.02 Å². The molecule has 1 atom stereocenters. The molecule has 1 aromatic heterocycles. The Balaban J connectivity index is 2.25. The second kappa shape index (κ2) is 11.4. The van der Waals surface area contributed by atoms with Crippen molar-refractivity contribution in [2.24, 2.45) is 0 Å². The summed E-state index contributed by atoms with van der Waals surface area (Å²) in [5.74, 6) is -2.24. The molecule has 0 fully saturated rings. The van der Waals surface area contributed by atoms with E-state index in [2.05, 4.69) is 0 Å². The topological polar surface area (TPSA) is 115 Å². The van der Waals surface area contributed by atoms with E-state index in [4.69, 9.17) is 26.1 Å². The molecule has 0 saturated heterocycles. The van der Waals surface area contributed by atoms with Gasteiger partial charge in [-0.3, -0.25) is 4.57 Å². The van der Waals surface area contributed by atoms with Gasteiger partial charge < -0.3 is 9.26 Å². The number of rotatable bonds is 8. The molecular formula is C28H23ClFN2O6PS. The number of halogens is 2. The summed E-state index contributed by atoms with van der Waals surface area (Å²) >= 11 is 6.12. The first-order valence-corrected chi connectivity index (χ1v) is 15.3. The number of benzene rings is 3. The van der Waals surface area contributed by atoms with E-state index < -0.39 is 45.6 Å². The van der Waals surface area contributed by atoms with E-state index in [1.807, 2.05) is 6.07 Å². The Morgan fingerprint density at radius 1 is 1.18 bits per heavy atom. The Morgan fingerprint density at radius 2 is 1.88 bits per heavy atom. The number of nitriles is 1. The van der Waals surface area contributed by atoms with Crippen LogP contribution in [0.15, 0.2) is 71.6 Å². The lowest BCUT2D eigenvalue weighted by atomic mass is 10.1. The summed E-state index contributed by atoms with van der Waals surface area (Å²) in [6, 6.07) is 16.1. The number of nitrogens with zero attached hydrogens (tertiary/aromatic N) is 2. The maximum atomic E-state index is 15.9. The maximum absolute atomic E-state index is 15.9. The van der Waals surface area contributed by atoms with E-state index in [9.17, 15) is 17.8 Å². The van der Waals surface area contributed by atoms with Gasteiger partial charge >= 0.3 is 5.97 Å². The van der Waals surface area contributed by atoms with E-state index in [0.29, 0.717) is 15.1 Å². The van der Waals surface area contributed by atoms with E-state index in [-0.39, 0.29) is 27.3 Å². The zero-order chi connectivity index (χ0) is 29.2. The Morgan fingerprint density at radius 3 is 2.50 bits per heavy atom. The Hall–Kier alpha value is -3.74. The van der Waals surface area contributed by atoms with Gasteiger partial charge in [0.05, 0.1) is 38.8 Å². The third kappa shape index (κ3) is 4.98. The molecule has 0 aliphatic rings. The lowest BCUT2D eigenvalue weighted by Crippen LogP contribution is -2.28. The molecule has 4 aromatic rings. The smallest absolute Gasteiger partial charge is 0.356 e. The predicted molar refractivity (Wildman–Crippen MR) is 152 cm³/mol. The van der Waals surface area contributed by atoms with Crippen LogP contribution in [0.4, 0.5) is 4.39 Å². The summed E-state index contributed by atoms with van der Waals surface area (Å²) in [6.45, 7) is 3.07. The van der Waals surface area contributed by atoms with Crippen molar-refractivity contribution in [1.82, 2.24) is 3.97 Å². The molecule has 206 valence electrons. The number of ether oxygens (including phenoxy) is 1. The van der Waals surface area contributed by atoms with Crippen molar-refractivity contribution in [1.29, 1.82) is 5.26 Å². The summed E-state index contributed by atoms with van der Waals surface area (Å²) < 4.78 is 70.2. The monoisotopic (exact) mass is 600 g/mol. The minimum Gasteiger partial charge on any atom is -0.461 e. The van der Waals surface area contributed by atoms with E-state index in [1.165, 1.54) is 61.5 Å². The highest BCUT2D eigenvalue weighted by Gasteiger charge is 2.43. The van der Waals surface area contributed by atoms with Crippen molar-refractivity contribution < 1.29 is 31.4 Å². The van der Waals surface area contributed by atoms with Gasteiger partial charge in [-0.2, -0.15) is 5.26 Å². The number of aromatic nitrogens is 1. The Kier molecular flexibility index (Phi) is 8.33. The number of aryl methyl sites for hydroxylation is 1. The van der Waals surface area contributed by atoms with Crippen LogP contribution in [-0.2, 0) is 23.8 Å². The molecule has 0 amide bonds. The van der Waals surface area contributed by atoms with Gasteiger partial charge in [-0.15, -0.1) is 0 Å². The summed E-state index contributed by atoms with van der Waals surface area (Å²) in [5, 5.41) is 7.64. The van der Waals surface area contributed by atoms with Crippen LogP contribution in [0, 0.1) is 24.1 Å². The molecule has 8 nitrogen and oxygen atoms in total. The molecule has 12 heteroatoms. The number of allylic oxidation sites excluding steroid dienone is 1. The molecule has 3 aromatic carbocycles. The molecule has 4 rings (SSSR count). The van der Waals surface area contributed by atoms with Gasteiger partial charge in [0.1, 0.15) is 0 Å². The van der Waals surface area contributed by atoms with Crippen molar-refractivity contribution in [3.05, 3.63) is 94.4 Å². The van der Waals surface area contributed by atoms with Crippen LogP contribution in [-0.4, -0.2) is 32.1 Å². The summed E-state index contributed by atoms with van der Waals surface area (Å²) in [6.07, 6.45) is 2.70. The minimum atomic E-state index is -4.57. The molecule has 0 spiro atoms. The Labute approximate surface area is 235 Å². The van der Waals surface area contributed by atoms with E-state index in [0.717, 1.165) is 13.2 Å². The molecule has 0 aliphatic heterocycles. The normalized spacial score (nSPS) is 13.3. The number of carbonyl (C=O) groups is 1. The van der Waals surface area contributed by atoms with E-state index in [1.54, 1.807) is 19.1 Å². The largest absolute Gasteiger partial charge is 0.461 e. The lowest BCUT2D eigenvalue weighted by Gasteiger charge is -2.20. The highest BCUT2D eigenvalue weighted by molar-refractivity contribution is 7.90. The number of carbonyl (C=O) groups excluding carboxylic acids is 1. The van der Waals surface area contributed by atoms with Crippen LogP contribution in [0.5, 0.6) is 0 Å². The third-order valence-corrected chi connectivity index (χ3v) is 10.5. The fourth-order valence-electron chi connectivity index (χ4n) is 4.40. The lowest BCUT2D eigenvalue weighted by molar-refractivity contribution is 0.0520. The Bertz CT molecular complexity index is 1860. The first kappa shape index (κ1) is 29.2. The standard InChI is InChI=1S/C28H23ClFN2O6PS/c1-4-38-28(33)26-27(39(34,37-3)20-16-18(2)15-19(17-20)9-8-14-31)24-23(13-12-22(29)25(24)30)32(26)40(35,36)21-10-6-5-7-11-21/h5-13,15-17H,4H2,1-3H3/b9-8+. The molecule has 0 N–H and O–H groups in total. The van der Waals surface area contributed by atoms with Gasteiger partial charge in [-0.25, -0.2) is 21.6 Å². The molecule has 40 heavy (non-hydrogen) atoms. The number of fused-ring (bicyclic) bond motifs is 1. The second-order valence-electron chi connectivity index (χ2n) is 8.55. The van der Waals surface area contributed by atoms with Crippen molar-refractivity contribution in [3.8, 4) is 6.07 Å². The fraction of sp³-hybridized carbons (Fsp3) is 0.143. The quantitative estimate of drug-likeness (QED) is 0.148. The predicted octanol–water partition coefficient (Wildman–Crippen LogP) is 5.57. The first-order valence-electron chi connectivity index (χ1n) is 11.9. The number of hydrogen-bond acceptors (Lipinski definition) is 7. The molecule has 1 heterocycles. The minimum absolute atomic E-state index is 0.0358. The van der Waals surface area contributed by atoms with E-state index >= 15 is 4.39 Å². The highest BCUT2D eigenvalue weighted by Crippen LogP contribution is 2.49. The van der Waals surface area contributed by atoms with Gasteiger partial charge in [0.25, 0.3) is 17.4 Å². The molecule has 0 radical (unpaired) electrons. The average Bonchev–Trinajstić information content (AvgIpc) is 3.31. The zero-order valence-corrected chi connectivity index (χ0v) is 24.1. The van der Waals surface area contributed by atoms with Crippen LogP contribution in [0.3, 0.4) is 0 Å². The van der Waals surface area contributed by atoms with Crippen molar-refractivity contribution in [2.45, 2.75) is 18.7 Å². The maximum Gasteiger partial charge on any atom is 0.356 e. The second-order valence-corrected chi connectivity index (χ2v) is 13.2. The van der Waals surface area contributed by atoms with Gasteiger partial charge in [0, 0.05) is 18.5 Å². The summed E-state index contributed by atoms with van der Waals surface area (Å²) in [5.41, 5.74) is 0.135. The van der Waals surface area contributed by atoms with Gasteiger partial charge in [-0.1, -0.05) is 35.9 Å².